The second-order valence-corrected chi connectivity index (χ2v) is 1.61. The molecule has 0 saturated heterocycles. The fourth-order valence-electron chi connectivity index (χ4n) is 0.276. The first-order valence-electron chi connectivity index (χ1n) is 2.60. The first-order valence-corrected chi connectivity index (χ1v) is 2.60. The van der Waals surface area contributed by atoms with Gasteiger partial charge in [-0.2, -0.15) is 13.2 Å². The molecule has 0 N–H and O–H groups in total. The summed E-state index contributed by atoms with van der Waals surface area (Å²) >= 11 is 0. The predicted octanol–water partition coefficient (Wildman–Crippen LogP) is 0.792. The van der Waals surface area contributed by atoms with Crippen molar-refractivity contribution in [3.05, 3.63) is 0 Å². The molecule has 0 saturated carbocycles. The average Bonchev–Trinajstić information content (AvgIpc) is 1.85. The van der Waals surface area contributed by atoms with Crippen LogP contribution in [0.2, 0.25) is 0 Å². The standard InChI is InChI=1S/C5H6F3NO2/c1-11-4(10)2-9-3-5(6,7)8/h2H,3H2,1H3. The van der Waals surface area contributed by atoms with E-state index in [9.17, 15) is 18.0 Å². The van der Waals surface area contributed by atoms with Crippen molar-refractivity contribution in [1.82, 2.24) is 0 Å². The Morgan fingerprint density at radius 3 is 2.55 bits per heavy atom. The summed E-state index contributed by atoms with van der Waals surface area (Å²) < 4.78 is 38.0. The van der Waals surface area contributed by atoms with Gasteiger partial charge < -0.3 is 4.74 Å². The van der Waals surface area contributed by atoms with E-state index >= 15 is 0 Å². The molecule has 0 aliphatic carbocycles. The number of hydrogen-bond donors (Lipinski definition) is 0. The monoisotopic (exact) mass is 169 g/mol. The maximum absolute atomic E-state index is 11.3. The van der Waals surface area contributed by atoms with Gasteiger partial charge in [-0.3, -0.25) is 4.99 Å². The molecule has 0 spiro atoms. The van der Waals surface area contributed by atoms with E-state index in [1.165, 1.54) is 0 Å². The topological polar surface area (TPSA) is 38.7 Å². The highest BCUT2D eigenvalue weighted by atomic mass is 19.4. The molecule has 6 heteroatoms. The van der Waals surface area contributed by atoms with Crippen molar-refractivity contribution in [2.75, 3.05) is 13.7 Å². The van der Waals surface area contributed by atoms with Crippen LogP contribution in [0.4, 0.5) is 13.2 Å². The quantitative estimate of drug-likeness (QED) is 0.452. The van der Waals surface area contributed by atoms with Crippen LogP contribution in [0.3, 0.4) is 0 Å². The second kappa shape index (κ2) is 3.95. The number of rotatable bonds is 2. The summed E-state index contributed by atoms with van der Waals surface area (Å²) in [6.07, 6.45) is -3.88. The van der Waals surface area contributed by atoms with E-state index < -0.39 is 18.7 Å². The van der Waals surface area contributed by atoms with E-state index in [4.69, 9.17) is 0 Å². The highest BCUT2D eigenvalue weighted by Gasteiger charge is 2.25. The Labute approximate surface area is 60.9 Å². The van der Waals surface area contributed by atoms with Gasteiger partial charge in [0, 0.05) is 0 Å². The van der Waals surface area contributed by atoms with Gasteiger partial charge in [0.05, 0.1) is 7.11 Å². The summed E-state index contributed by atoms with van der Waals surface area (Å²) in [5.74, 6) is -0.894. The van der Waals surface area contributed by atoms with Gasteiger partial charge in [-0.1, -0.05) is 0 Å². The Kier molecular flexibility index (Phi) is 3.56. The van der Waals surface area contributed by atoms with Crippen molar-refractivity contribution < 1.29 is 22.7 Å². The number of ether oxygens (including phenoxy) is 1. The number of carbonyl (C=O) groups excluding carboxylic acids is 1. The fraction of sp³-hybridized carbons (Fsp3) is 0.600. The maximum Gasteiger partial charge on any atom is 0.407 e. The van der Waals surface area contributed by atoms with Gasteiger partial charge >= 0.3 is 12.1 Å². The third-order valence-electron chi connectivity index (χ3n) is 0.668. The molecule has 0 aromatic rings. The molecule has 0 aromatic heterocycles. The van der Waals surface area contributed by atoms with E-state index in [1.807, 2.05) is 0 Å². The number of esters is 1. The zero-order chi connectivity index (χ0) is 8.91. The van der Waals surface area contributed by atoms with Crippen molar-refractivity contribution in [2.45, 2.75) is 6.18 Å². The van der Waals surface area contributed by atoms with Crippen molar-refractivity contribution in [1.29, 1.82) is 0 Å². The summed E-state index contributed by atoms with van der Waals surface area (Å²) in [5.41, 5.74) is 0. The van der Waals surface area contributed by atoms with Gasteiger partial charge in [-0.05, 0) is 0 Å². The van der Waals surface area contributed by atoms with E-state index in [0.29, 0.717) is 6.21 Å². The molecular weight excluding hydrogens is 163 g/mol. The zero-order valence-electron chi connectivity index (χ0n) is 5.68. The second-order valence-electron chi connectivity index (χ2n) is 1.61. The highest BCUT2D eigenvalue weighted by molar-refractivity contribution is 6.23. The normalized spacial score (nSPS) is 12.0. The zero-order valence-corrected chi connectivity index (χ0v) is 5.68. The van der Waals surface area contributed by atoms with Gasteiger partial charge in [0.15, 0.2) is 0 Å². The number of aliphatic imine (C=N–C) groups is 1. The molecule has 0 atom stereocenters. The van der Waals surface area contributed by atoms with Crippen LogP contribution < -0.4 is 0 Å². The Morgan fingerprint density at radius 1 is 1.64 bits per heavy atom. The lowest BCUT2D eigenvalue weighted by atomic mass is 10.6. The largest absolute Gasteiger partial charge is 0.465 e. The van der Waals surface area contributed by atoms with E-state index in [0.717, 1.165) is 7.11 Å². The maximum atomic E-state index is 11.3. The minimum absolute atomic E-state index is 0.494. The third kappa shape index (κ3) is 6.82. The minimum atomic E-state index is -4.37. The van der Waals surface area contributed by atoms with Gasteiger partial charge in [0.2, 0.25) is 0 Å². The molecule has 0 bridgehead atoms. The minimum Gasteiger partial charge on any atom is -0.465 e. The van der Waals surface area contributed by atoms with Crippen LogP contribution in [-0.4, -0.2) is 32.0 Å². The molecule has 0 amide bonds. The van der Waals surface area contributed by atoms with Crippen LogP contribution in [0.5, 0.6) is 0 Å². The number of halogens is 3. The van der Waals surface area contributed by atoms with Gasteiger partial charge in [0.1, 0.15) is 12.8 Å². The lowest BCUT2D eigenvalue weighted by molar-refractivity contribution is -0.132. The molecule has 0 radical (unpaired) electrons. The summed E-state index contributed by atoms with van der Waals surface area (Å²) in [4.78, 5) is 12.9. The molecule has 0 aromatic carbocycles. The van der Waals surface area contributed by atoms with E-state index in [2.05, 4.69) is 9.73 Å². The summed E-state index contributed by atoms with van der Waals surface area (Å²) in [6, 6.07) is 0. The molecule has 0 aliphatic heterocycles. The van der Waals surface area contributed by atoms with Crippen LogP contribution in [0.1, 0.15) is 0 Å². The fourth-order valence-corrected chi connectivity index (χ4v) is 0.276. The molecule has 0 aliphatic rings. The van der Waals surface area contributed by atoms with Crippen LogP contribution in [0.15, 0.2) is 4.99 Å². The Morgan fingerprint density at radius 2 is 2.18 bits per heavy atom. The number of hydrogen-bond acceptors (Lipinski definition) is 3. The van der Waals surface area contributed by atoms with Gasteiger partial charge in [-0.25, -0.2) is 4.79 Å². The summed E-state index contributed by atoms with van der Waals surface area (Å²) in [7, 11) is 1.06. The molecule has 11 heavy (non-hydrogen) atoms. The Bertz CT molecular complexity index is 164. The van der Waals surface area contributed by atoms with Crippen molar-refractivity contribution in [3.8, 4) is 0 Å². The van der Waals surface area contributed by atoms with Gasteiger partial charge in [-0.15, -0.1) is 0 Å². The van der Waals surface area contributed by atoms with Crippen LogP contribution >= 0.6 is 0 Å². The van der Waals surface area contributed by atoms with E-state index in [1.54, 1.807) is 0 Å². The molecule has 0 unspecified atom stereocenters. The predicted molar refractivity (Wildman–Crippen MR) is 31.4 cm³/mol. The summed E-state index contributed by atoms with van der Waals surface area (Å²) in [6.45, 7) is -1.36. The number of carbonyl (C=O) groups is 1. The number of nitrogens with zero attached hydrogens (tertiary/aromatic N) is 1. The van der Waals surface area contributed by atoms with Crippen molar-refractivity contribution in [2.24, 2.45) is 4.99 Å². The lowest BCUT2D eigenvalue weighted by Crippen LogP contribution is -2.13. The average molecular weight is 169 g/mol. The molecular formula is C5H6F3NO2. The molecule has 0 heterocycles. The number of alkyl halides is 3. The van der Waals surface area contributed by atoms with Crippen LogP contribution in [0.25, 0.3) is 0 Å². The van der Waals surface area contributed by atoms with Crippen molar-refractivity contribution >= 4 is 12.2 Å². The SMILES string of the molecule is COC(=O)C=NCC(F)(F)F. The van der Waals surface area contributed by atoms with Gasteiger partial charge in [0.25, 0.3) is 0 Å². The first kappa shape index (κ1) is 9.93. The van der Waals surface area contributed by atoms with Crippen LogP contribution in [-0.2, 0) is 9.53 Å². The first-order chi connectivity index (χ1) is 4.95. The molecule has 0 rings (SSSR count). The molecule has 0 fully saturated rings. The smallest absolute Gasteiger partial charge is 0.407 e. The third-order valence-corrected chi connectivity index (χ3v) is 0.668. The van der Waals surface area contributed by atoms with Crippen molar-refractivity contribution in [3.63, 3.8) is 0 Å². The van der Waals surface area contributed by atoms with E-state index in [-0.39, 0.29) is 0 Å². The lowest BCUT2D eigenvalue weighted by Gasteiger charge is -1.99. The molecule has 3 nitrogen and oxygen atoms in total. The van der Waals surface area contributed by atoms with Crippen LogP contribution in [0, 0.1) is 0 Å². The Hall–Kier alpha value is -1.07. The Balaban J connectivity index is 3.70. The highest BCUT2D eigenvalue weighted by Crippen LogP contribution is 2.13. The molecule has 64 valence electrons. The summed E-state index contributed by atoms with van der Waals surface area (Å²) in [5, 5.41) is 0. The number of methoxy groups -OCH3 is 1.